The van der Waals surface area contributed by atoms with Crippen LogP contribution in [-0.4, -0.2) is 63.6 Å². The summed E-state index contributed by atoms with van der Waals surface area (Å²) in [5.74, 6) is 1.28. The van der Waals surface area contributed by atoms with E-state index in [4.69, 9.17) is 0 Å². The van der Waals surface area contributed by atoms with Gasteiger partial charge in [0.05, 0.1) is 0 Å². The molecule has 1 aliphatic rings. The molecule has 1 fully saturated rings. The van der Waals surface area contributed by atoms with Crippen LogP contribution in [0.15, 0.2) is 0 Å². The Morgan fingerprint density at radius 1 is 1.45 bits per heavy atom. The van der Waals surface area contributed by atoms with E-state index in [-0.39, 0.29) is 17.9 Å². The fourth-order valence-corrected chi connectivity index (χ4v) is 2.62. The SMILES string of the molecule is CCC1CN(C)CCCN1C(=O)c1n[nH]c(C(C)C)n1. The summed E-state index contributed by atoms with van der Waals surface area (Å²) in [6, 6.07) is 0.246. The Labute approximate surface area is 120 Å². The molecule has 1 atom stereocenters. The number of carbonyl (C=O) groups excluding carboxylic acids is 1. The van der Waals surface area contributed by atoms with E-state index in [1.165, 1.54) is 0 Å². The first-order chi connectivity index (χ1) is 9.52. The van der Waals surface area contributed by atoms with Crippen molar-refractivity contribution in [2.45, 2.75) is 45.6 Å². The Kier molecular flexibility index (Phi) is 4.75. The third-order valence-electron chi connectivity index (χ3n) is 3.88. The number of nitrogens with one attached hydrogen (secondary N) is 1. The fourth-order valence-electron chi connectivity index (χ4n) is 2.62. The van der Waals surface area contributed by atoms with Crippen LogP contribution in [0.3, 0.4) is 0 Å². The minimum Gasteiger partial charge on any atom is -0.332 e. The molecule has 0 aliphatic carbocycles. The minimum atomic E-state index is -0.0460. The molecule has 1 aliphatic heterocycles. The van der Waals surface area contributed by atoms with Crippen LogP contribution in [-0.2, 0) is 0 Å². The second kappa shape index (κ2) is 6.35. The van der Waals surface area contributed by atoms with Crippen LogP contribution in [0.4, 0.5) is 0 Å². The van der Waals surface area contributed by atoms with E-state index in [1.807, 2.05) is 18.7 Å². The number of rotatable bonds is 3. The summed E-state index contributed by atoms with van der Waals surface area (Å²) in [5.41, 5.74) is 0. The van der Waals surface area contributed by atoms with Crippen molar-refractivity contribution in [2.75, 3.05) is 26.7 Å². The molecule has 1 amide bonds. The van der Waals surface area contributed by atoms with Crippen molar-refractivity contribution in [3.63, 3.8) is 0 Å². The van der Waals surface area contributed by atoms with E-state index in [2.05, 4.69) is 34.1 Å². The quantitative estimate of drug-likeness (QED) is 0.910. The number of likely N-dealkylation sites (N-methyl/N-ethyl adjacent to an activating group) is 1. The van der Waals surface area contributed by atoms with Crippen LogP contribution in [0.1, 0.15) is 56.0 Å². The standard InChI is InChI=1S/C14H25N5O/c1-5-11-9-18(4)7-6-8-19(11)14(20)13-15-12(10(2)3)16-17-13/h10-11H,5-9H2,1-4H3,(H,15,16,17). The summed E-state index contributed by atoms with van der Waals surface area (Å²) >= 11 is 0. The molecule has 1 N–H and O–H groups in total. The van der Waals surface area contributed by atoms with Crippen molar-refractivity contribution in [1.82, 2.24) is 25.0 Å². The second-order valence-corrected chi connectivity index (χ2v) is 5.88. The number of carbonyl (C=O) groups is 1. The molecule has 6 heteroatoms. The zero-order valence-electron chi connectivity index (χ0n) is 12.9. The predicted molar refractivity (Wildman–Crippen MR) is 77.7 cm³/mol. The maximum Gasteiger partial charge on any atom is 0.293 e. The van der Waals surface area contributed by atoms with Crippen LogP contribution >= 0.6 is 0 Å². The van der Waals surface area contributed by atoms with Gasteiger partial charge in [-0.3, -0.25) is 9.89 Å². The van der Waals surface area contributed by atoms with E-state index >= 15 is 0 Å². The summed E-state index contributed by atoms with van der Waals surface area (Å²) in [7, 11) is 2.11. The lowest BCUT2D eigenvalue weighted by Gasteiger charge is -2.29. The van der Waals surface area contributed by atoms with Crippen LogP contribution in [0, 0.1) is 0 Å². The summed E-state index contributed by atoms with van der Waals surface area (Å²) in [4.78, 5) is 21.2. The summed E-state index contributed by atoms with van der Waals surface area (Å²) in [6.07, 6.45) is 1.96. The topological polar surface area (TPSA) is 65.1 Å². The van der Waals surface area contributed by atoms with Gasteiger partial charge in [-0.05, 0) is 26.4 Å². The average molecular weight is 279 g/mol. The van der Waals surface area contributed by atoms with Crippen molar-refractivity contribution < 1.29 is 4.79 Å². The summed E-state index contributed by atoms with van der Waals surface area (Å²) in [5, 5.41) is 6.95. The van der Waals surface area contributed by atoms with Crippen LogP contribution in [0.2, 0.25) is 0 Å². The van der Waals surface area contributed by atoms with Gasteiger partial charge in [0.15, 0.2) is 0 Å². The fraction of sp³-hybridized carbons (Fsp3) is 0.786. The smallest absolute Gasteiger partial charge is 0.293 e. The predicted octanol–water partition coefficient (Wildman–Crippen LogP) is 1.48. The Bertz CT molecular complexity index is 456. The number of aromatic amines is 1. The maximum absolute atomic E-state index is 12.6. The molecule has 1 aromatic rings. The van der Waals surface area contributed by atoms with Crippen molar-refractivity contribution in [2.24, 2.45) is 0 Å². The second-order valence-electron chi connectivity index (χ2n) is 5.88. The first-order valence-corrected chi connectivity index (χ1v) is 7.44. The highest BCUT2D eigenvalue weighted by atomic mass is 16.2. The highest BCUT2D eigenvalue weighted by Gasteiger charge is 2.29. The zero-order chi connectivity index (χ0) is 14.7. The van der Waals surface area contributed by atoms with E-state index < -0.39 is 0 Å². The van der Waals surface area contributed by atoms with E-state index in [1.54, 1.807) is 0 Å². The van der Waals surface area contributed by atoms with Gasteiger partial charge in [0.1, 0.15) is 5.82 Å². The Hall–Kier alpha value is -1.43. The molecule has 0 spiro atoms. The van der Waals surface area contributed by atoms with Gasteiger partial charge < -0.3 is 9.80 Å². The molecule has 0 bridgehead atoms. The highest BCUT2D eigenvalue weighted by molar-refractivity contribution is 5.90. The van der Waals surface area contributed by atoms with E-state index in [0.29, 0.717) is 5.82 Å². The zero-order valence-corrected chi connectivity index (χ0v) is 12.9. The Morgan fingerprint density at radius 3 is 2.80 bits per heavy atom. The van der Waals surface area contributed by atoms with Crippen LogP contribution in [0.5, 0.6) is 0 Å². The third kappa shape index (κ3) is 3.17. The lowest BCUT2D eigenvalue weighted by molar-refractivity contribution is 0.0663. The van der Waals surface area contributed by atoms with Gasteiger partial charge in [0.25, 0.3) is 5.91 Å². The molecule has 6 nitrogen and oxygen atoms in total. The van der Waals surface area contributed by atoms with Gasteiger partial charge in [-0.1, -0.05) is 20.8 Å². The number of nitrogens with zero attached hydrogens (tertiary/aromatic N) is 4. The third-order valence-corrected chi connectivity index (χ3v) is 3.88. The monoisotopic (exact) mass is 279 g/mol. The number of aromatic nitrogens is 3. The molecule has 1 aromatic heterocycles. The Morgan fingerprint density at radius 2 is 2.20 bits per heavy atom. The van der Waals surface area contributed by atoms with Gasteiger partial charge >= 0.3 is 0 Å². The molecule has 1 saturated heterocycles. The lowest BCUT2D eigenvalue weighted by Crippen LogP contribution is -2.43. The number of H-pyrrole nitrogens is 1. The van der Waals surface area contributed by atoms with Gasteiger partial charge in [-0.25, -0.2) is 4.98 Å². The molecular formula is C14H25N5O. The average Bonchev–Trinajstić information content (AvgIpc) is 2.83. The highest BCUT2D eigenvalue weighted by Crippen LogP contribution is 2.15. The molecule has 20 heavy (non-hydrogen) atoms. The molecule has 0 radical (unpaired) electrons. The first-order valence-electron chi connectivity index (χ1n) is 7.44. The first kappa shape index (κ1) is 15.0. The van der Waals surface area contributed by atoms with Crippen LogP contribution in [0.25, 0.3) is 0 Å². The molecular weight excluding hydrogens is 254 g/mol. The number of amides is 1. The van der Waals surface area contributed by atoms with Gasteiger partial charge in [0.2, 0.25) is 5.82 Å². The van der Waals surface area contributed by atoms with E-state index in [0.717, 1.165) is 38.3 Å². The lowest BCUT2D eigenvalue weighted by atomic mass is 10.2. The van der Waals surface area contributed by atoms with Crippen molar-refractivity contribution >= 4 is 5.91 Å². The van der Waals surface area contributed by atoms with Crippen LogP contribution < -0.4 is 0 Å². The Balaban J connectivity index is 2.16. The molecule has 2 rings (SSSR count). The maximum atomic E-state index is 12.6. The molecule has 0 saturated carbocycles. The summed E-state index contributed by atoms with van der Waals surface area (Å²) in [6.45, 7) is 8.93. The van der Waals surface area contributed by atoms with Crippen molar-refractivity contribution in [3.8, 4) is 0 Å². The number of hydrogen-bond donors (Lipinski definition) is 1. The van der Waals surface area contributed by atoms with Gasteiger partial charge in [-0.2, -0.15) is 0 Å². The molecule has 112 valence electrons. The van der Waals surface area contributed by atoms with Crippen molar-refractivity contribution in [1.29, 1.82) is 0 Å². The van der Waals surface area contributed by atoms with Gasteiger partial charge in [-0.15, -0.1) is 5.10 Å². The molecule has 1 unspecified atom stereocenters. The number of hydrogen-bond acceptors (Lipinski definition) is 4. The van der Waals surface area contributed by atoms with Gasteiger partial charge in [0, 0.05) is 25.0 Å². The van der Waals surface area contributed by atoms with Crippen molar-refractivity contribution in [3.05, 3.63) is 11.6 Å². The molecule has 2 heterocycles. The normalized spacial score (nSPS) is 21.2. The minimum absolute atomic E-state index is 0.0460. The molecule has 0 aromatic carbocycles. The summed E-state index contributed by atoms with van der Waals surface area (Å²) < 4.78 is 0. The largest absolute Gasteiger partial charge is 0.332 e. The van der Waals surface area contributed by atoms with E-state index in [9.17, 15) is 4.79 Å².